The zero-order valence-electron chi connectivity index (χ0n) is 16.9. The minimum atomic E-state index is -0.215. The largest absolute Gasteiger partial charge is 0.378 e. The number of hydrogen-bond acceptors (Lipinski definition) is 3. The molecule has 0 radical (unpaired) electrons. The van der Waals surface area contributed by atoms with Gasteiger partial charge in [-0.2, -0.15) is 0 Å². The van der Waals surface area contributed by atoms with Crippen LogP contribution in [0.15, 0.2) is 78.9 Å². The Morgan fingerprint density at radius 1 is 0.793 bits per heavy atom. The molecule has 3 aromatic carbocycles. The number of amides is 1. The number of hydrogen-bond donors (Lipinski definition) is 1. The second-order valence-corrected chi connectivity index (χ2v) is 7.16. The molecule has 0 aliphatic carbocycles. The van der Waals surface area contributed by atoms with Gasteiger partial charge in [0.1, 0.15) is 0 Å². The molecule has 3 aromatic rings. The van der Waals surface area contributed by atoms with Crippen LogP contribution in [-0.2, 0) is 6.42 Å². The molecule has 0 saturated carbocycles. The van der Waals surface area contributed by atoms with E-state index in [-0.39, 0.29) is 11.7 Å². The molecule has 0 aliphatic rings. The fourth-order valence-corrected chi connectivity index (χ4v) is 3.17. The number of anilines is 1. The highest BCUT2D eigenvalue weighted by atomic mass is 16.2. The van der Waals surface area contributed by atoms with E-state index in [9.17, 15) is 9.59 Å². The second-order valence-electron chi connectivity index (χ2n) is 7.16. The van der Waals surface area contributed by atoms with Crippen LogP contribution < -0.4 is 10.2 Å². The summed E-state index contributed by atoms with van der Waals surface area (Å²) in [7, 11) is 4.04. The fourth-order valence-electron chi connectivity index (χ4n) is 3.17. The van der Waals surface area contributed by atoms with Crippen molar-refractivity contribution in [3.8, 4) is 0 Å². The molecule has 3 rings (SSSR count). The molecule has 4 nitrogen and oxygen atoms in total. The average molecular weight is 386 g/mol. The van der Waals surface area contributed by atoms with Crippen LogP contribution in [0.5, 0.6) is 0 Å². The van der Waals surface area contributed by atoms with Crippen LogP contribution in [0, 0.1) is 0 Å². The van der Waals surface area contributed by atoms with Crippen molar-refractivity contribution in [1.82, 2.24) is 5.32 Å². The zero-order valence-corrected chi connectivity index (χ0v) is 16.9. The van der Waals surface area contributed by atoms with Crippen molar-refractivity contribution < 1.29 is 9.59 Å². The van der Waals surface area contributed by atoms with Gasteiger partial charge in [-0.15, -0.1) is 0 Å². The fraction of sp³-hybridized carbons (Fsp3) is 0.200. The summed E-state index contributed by atoms with van der Waals surface area (Å²) < 4.78 is 0. The lowest BCUT2D eigenvalue weighted by molar-refractivity contribution is 0.0941. The molecule has 0 spiro atoms. The summed E-state index contributed by atoms with van der Waals surface area (Å²) in [5.74, 6) is -0.356. The first-order valence-electron chi connectivity index (χ1n) is 9.79. The van der Waals surface area contributed by atoms with Crippen molar-refractivity contribution in [3.05, 3.63) is 101 Å². The smallest absolute Gasteiger partial charge is 0.252 e. The van der Waals surface area contributed by atoms with Crippen LogP contribution in [-0.4, -0.2) is 32.3 Å². The highest BCUT2D eigenvalue weighted by molar-refractivity contribution is 6.15. The van der Waals surface area contributed by atoms with E-state index >= 15 is 0 Å². The van der Waals surface area contributed by atoms with E-state index < -0.39 is 0 Å². The van der Waals surface area contributed by atoms with Crippen molar-refractivity contribution in [1.29, 1.82) is 0 Å². The van der Waals surface area contributed by atoms with Crippen molar-refractivity contribution in [2.45, 2.75) is 12.8 Å². The normalized spacial score (nSPS) is 10.4. The van der Waals surface area contributed by atoms with Gasteiger partial charge in [0.25, 0.3) is 5.91 Å². The number of rotatable bonds is 8. The molecular formula is C25H26N2O2. The Labute approximate surface area is 172 Å². The summed E-state index contributed by atoms with van der Waals surface area (Å²) in [6, 6.07) is 24.4. The molecule has 0 atom stereocenters. The van der Waals surface area contributed by atoms with E-state index in [4.69, 9.17) is 0 Å². The third-order valence-electron chi connectivity index (χ3n) is 4.83. The molecule has 148 valence electrons. The van der Waals surface area contributed by atoms with Gasteiger partial charge in [0.05, 0.1) is 5.56 Å². The Morgan fingerprint density at radius 3 is 2.07 bits per heavy atom. The molecule has 4 heteroatoms. The maximum Gasteiger partial charge on any atom is 0.252 e. The van der Waals surface area contributed by atoms with Crippen LogP contribution in [0.4, 0.5) is 5.69 Å². The van der Waals surface area contributed by atoms with E-state index in [1.54, 1.807) is 36.4 Å². The van der Waals surface area contributed by atoms with Gasteiger partial charge in [-0.3, -0.25) is 9.59 Å². The number of carbonyl (C=O) groups is 2. The summed E-state index contributed by atoms with van der Waals surface area (Å²) in [5.41, 5.74) is 3.83. The number of benzene rings is 3. The molecule has 0 bridgehead atoms. The van der Waals surface area contributed by atoms with Gasteiger partial charge in [0.2, 0.25) is 0 Å². The minimum Gasteiger partial charge on any atom is -0.378 e. The summed E-state index contributed by atoms with van der Waals surface area (Å²) in [5, 5.41) is 2.95. The first-order chi connectivity index (χ1) is 14.1. The third-order valence-corrected chi connectivity index (χ3v) is 4.83. The first kappa shape index (κ1) is 20.3. The van der Waals surface area contributed by atoms with E-state index in [2.05, 4.69) is 34.5 Å². The van der Waals surface area contributed by atoms with Gasteiger partial charge < -0.3 is 10.2 Å². The number of nitrogens with zero attached hydrogens (tertiary/aromatic N) is 1. The highest BCUT2D eigenvalue weighted by Crippen LogP contribution is 2.15. The van der Waals surface area contributed by atoms with Crippen molar-refractivity contribution in [2.75, 3.05) is 25.5 Å². The molecule has 0 aliphatic heterocycles. The maximum atomic E-state index is 12.8. The molecular weight excluding hydrogens is 360 g/mol. The Bertz CT molecular complexity index is 964. The van der Waals surface area contributed by atoms with Gasteiger partial charge >= 0.3 is 0 Å². The quantitative estimate of drug-likeness (QED) is 0.463. The Morgan fingerprint density at radius 2 is 1.41 bits per heavy atom. The van der Waals surface area contributed by atoms with Crippen molar-refractivity contribution >= 4 is 17.4 Å². The molecule has 0 fully saturated rings. The van der Waals surface area contributed by atoms with E-state index in [0.29, 0.717) is 23.2 Å². The number of carbonyl (C=O) groups excluding carboxylic acids is 2. The average Bonchev–Trinajstić information content (AvgIpc) is 2.77. The van der Waals surface area contributed by atoms with Crippen LogP contribution in [0.25, 0.3) is 0 Å². The lowest BCUT2D eigenvalue weighted by atomic mass is 9.98. The molecule has 0 heterocycles. The van der Waals surface area contributed by atoms with Gasteiger partial charge in [-0.1, -0.05) is 60.7 Å². The molecule has 1 amide bonds. The lowest BCUT2D eigenvalue weighted by Crippen LogP contribution is -2.26. The van der Waals surface area contributed by atoms with Crippen LogP contribution in [0.2, 0.25) is 0 Å². The van der Waals surface area contributed by atoms with Gasteiger partial charge in [-0.05, 0) is 36.6 Å². The SMILES string of the molecule is CN(C)c1ccc(CCCNC(=O)c2ccccc2C(=O)c2ccccc2)cc1. The maximum absolute atomic E-state index is 12.8. The number of nitrogens with one attached hydrogen (secondary N) is 1. The van der Waals surface area contributed by atoms with Gasteiger partial charge in [-0.25, -0.2) is 0 Å². The molecule has 1 N–H and O–H groups in total. The van der Waals surface area contributed by atoms with Gasteiger partial charge in [0, 0.05) is 37.5 Å². The van der Waals surface area contributed by atoms with Crippen LogP contribution in [0.1, 0.15) is 38.3 Å². The summed E-state index contributed by atoms with van der Waals surface area (Å²) in [6.07, 6.45) is 1.72. The summed E-state index contributed by atoms with van der Waals surface area (Å²) in [6.45, 7) is 0.558. The van der Waals surface area contributed by atoms with E-state index in [1.807, 2.05) is 32.3 Å². The Balaban J connectivity index is 1.58. The molecule has 0 saturated heterocycles. The number of aryl methyl sites for hydroxylation is 1. The van der Waals surface area contributed by atoms with Crippen molar-refractivity contribution in [3.63, 3.8) is 0 Å². The van der Waals surface area contributed by atoms with E-state index in [0.717, 1.165) is 12.8 Å². The molecule has 29 heavy (non-hydrogen) atoms. The molecule has 0 aromatic heterocycles. The Hall–Kier alpha value is -3.40. The first-order valence-corrected chi connectivity index (χ1v) is 9.79. The highest BCUT2D eigenvalue weighted by Gasteiger charge is 2.17. The topological polar surface area (TPSA) is 49.4 Å². The van der Waals surface area contributed by atoms with Crippen molar-refractivity contribution in [2.24, 2.45) is 0 Å². The van der Waals surface area contributed by atoms with Crippen LogP contribution >= 0.6 is 0 Å². The summed E-state index contributed by atoms with van der Waals surface area (Å²) in [4.78, 5) is 27.5. The standard InChI is InChI=1S/C25H26N2O2/c1-27(2)21-16-14-19(15-17-21)9-8-18-26-25(29)23-13-7-6-12-22(23)24(28)20-10-4-3-5-11-20/h3-7,10-17H,8-9,18H2,1-2H3,(H,26,29). The minimum absolute atomic E-state index is 0.141. The lowest BCUT2D eigenvalue weighted by Gasteiger charge is -2.13. The number of ketones is 1. The second kappa shape index (κ2) is 9.69. The predicted molar refractivity (Wildman–Crippen MR) is 118 cm³/mol. The Kier molecular flexibility index (Phi) is 6.80. The predicted octanol–water partition coefficient (Wildman–Crippen LogP) is 4.35. The van der Waals surface area contributed by atoms with E-state index in [1.165, 1.54) is 11.3 Å². The zero-order chi connectivity index (χ0) is 20.6. The van der Waals surface area contributed by atoms with Gasteiger partial charge in [0.15, 0.2) is 5.78 Å². The summed E-state index contributed by atoms with van der Waals surface area (Å²) >= 11 is 0. The molecule has 0 unspecified atom stereocenters. The third kappa shape index (κ3) is 5.32. The van der Waals surface area contributed by atoms with Crippen LogP contribution in [0.3, 0.4) is 0 Å². The monoisotopic (exact) mass is 386 g/mol.